The van der Waals surface area contributed by atoms with Gasteiger partial charge in [-0.05, 0) is 44.4 Å². The van der Waals surface area contributed by atoms with Crippen LogP contribution in [0.3, 0.4) is 0 Å². The first-order chi connectivity index (χ1) is 13.7. The fourth-order valence-corrected chi connectivity index (χ4v) is 3.08. The number of rotatable bonds is 10. The fourth-order valence-electron chi connectivity index (χ4n) is 3.08. The van der Waals surface area contributed by atoms with Crippen LogP contribution in [0.4, 0.5) is 0 Å². The summed E-state index contributed by atoms with van der Waals surface area (Å²) in [5.41, 5.74) is 0.786. The molecule has 3 rings (SSSR count). The largest absolute Gasteiger partial charge is 0.493 e. The second-order valence-electron chi connectivity index (χ2n) is 6.60. The first-order valence-corrected chi connectivity index (χ1v) is 9.71. The first kappa shape index (κ1) is 20.1. The molecule has 1 aliphatic rings. The molecule has 0 saturated carbocycles. The lowest BCUT2D eigenvalue weighted by molar-refractivity contribution is -0.121. The Hall–Kier alpha value is -2.61. The van der Waals surface area contributed by atoms with E-state index in [0.29, 0.717) is 55.6 Å². The molecule has 1 fully saturated rings. The Morgan fingerprint density at radius 1 is 1.36 bits per heavy atom. The standard InChI is InChI=1S/C20H27N3O5/c1-3-26-17-12-14(9-10-16(17)25-2)20-22-19(28-23-20)8-4-7-18(24)21-13-15-6-5-11-27-15/h9-10,12,15H,3-8,11,13H2,1-2H3,(H,21,24)/t15-/m1/s1. The number of carbonyl (C=O) groups is 1. The van der Waals surface area contributed by atoms with Crippen molar-refractivity contribution >= 4 is 5.91 Å². The predicted octanol–water partition coefficient (Wildman–Crippen LogP) is 2.76. The third-order valence-corrected chi connectivity index (χ3v) is 4.54. The van der Waals surface area contributed by atoms with Crippen LogP contribution < -0.4 is 14.8 Å². The van der Waals surface area contributed by atoms with Gasteiger partial charge in [-0.1, -0.05) is 5.16 Å². The molecule has 1 aliphatic heterocycles. The zero-order valence-electron chi connectivity index (χ0n) is 16.4. The van der Waals surface area contributed by atoms with Crippen LogP contribution in [-0.2, 0) is 16.0 Å². The summed E-state index contributed by atoms with van der Waals surface area (Å²) in [7, 11) is 1.60. The minimum Gasteiger partial charge on any atom is -0.493 e. The molecule has 2 aromatic rings. The van der Waals surface area contributed by atoms with E-state index in [0.717, 1.165) is 25.0 Å². The molecule has 152 valence electrons. The summed E-state index contributed by atoms with van der Waals surface area (Å²) in [6, 6.07) is 5.50. The van der Waals surface area contributed by atoms with Gasteiger partial charge in [0.25, 0.3) is 0 Å². The van der Waals surface area contributed by atoms with Gasteiger partial charge in [0.2, 0.25) is 17.6 Å². The van der Waals surface area contributed by atoms with E-state index in [1.807, 2.05) is 25.1 Å². The fraction of sp³-hybridized carbons (Fsp3) is 0.550. The number of nitrogens with one attached hydrogen (secondary N) is 1. The van der Waals surface area contributed by atoms with Crippen LogP contribution in [0.15, 0.2) is 22.7 Å². The smallest absolute Gasteiger partial charge is 0.226 e. The van der Waals surface area contributed by atoms with Crippen molar-refractivity contribution in [1.29, 1.82) is 0 Å². The van der Waals surface area contributed by atoms with Gasteiger partial charge in [0.15, 0.2) is 11.5 Å². The van der Waals surface area contributed by atoms with E-state index >= 15 is 0 Å². The van der Waals surface area contributed by atoms with Gasteiger partial charge in [-0.15, -0.1) is 0 Å². The molecule has 28 heavy (non-hydrogen) atoms. The summed E-state index contributed by atoms with van der Waals surface area (Å²) < 4.78 is 21.7. The van der Waals surface area contributed by atoms with E-state index in [4.69, 9.17) is 18.7 Å². The van der Waals surface area contributed by atoms with Crippen LogP contribution in [-0.4, -0.2) is 49.0 Å². The van der Waals surface area contributed by atoms with Crippen molar-refractivity contribution in [1.82, 2.24) is 15.5 Å². The lowest BCUT2D eigenvalue weighted by Gasteiger charge is -2.10. The molecule has 1 atom stereocenters. The lowest BCUT2D eigenvalue weighted by Crippen LogP contribution is -2.31. The number of aryl methyl sites for hydroxylation is 1. The molecule has 2 heterocycles. The van der Waals surface area contributed by atoms with E-state index in [1.165, 1.54) is 0 Å². The minimum absolute atomic E-state index is 0.0201. The van der Waals surface area contributed by atoms with Gasteiger partial charge in [-0.3, -0.25) is 4.79 Å². The first-order valence-electron chi connectivity index (χ1n) is 9.71. The quantitative estimate of drug-likeness (QED) is 0.667. The summed E-state index contributed by atoms with van der Waals surface area (Å²) >= 11 is 0. The van der Waals surface area contributed by atoms with E-state index in [9.17, 15) is 4.79 Å². The van der Waals surface area contributed by atoms with Crippen LogP contribution in [0, 0.1) is 0 Å². The summed E-state index contributed by atoms with van der Waals surface area (Å²) in [6.07, 6.45) is 3.86. The highest BCUT2D eigenvalue weighted by Crippen LogP contribution is 2.31. The molecule has 0 aliphatic carbocycles. The van der Waals surface area contributed by atoms with E-state index in [-0.39, 0.29) is 12.0 Å². The molecule has 1 aromatic carbocycles. The van der Waals surface area contributed by atoms with Crippen molar-refractivity contribution in [2.45, 2.75) is 45.1 Å². The second-order valence-corrected chi connectivity index (χ2v) is 6.60. The number of amides is 1. The third kappa shape index (κ3) is 5.45. The van der Waals surface area contributed by atoms with E-state index in [2.05, 4.69) is 15.5 Å². The van der Waals surface area contributed by atoms with Crippen LogP contribution in [0.2, 0.25) is 0 Å². The average Bonchev–Trinajstić information content (AvgIpc) is 3.39. The van der Waals surface area contributed by atoms with Gasteiger partial charge in [0.05, 0.1) is 19.8 Å². The molecule has 0 bridgehead atoms. The maximum atomic E-state index is 11.9. The topological polar surface area (TPSA) is 95.7 Å². The van der Waals surface area contributed by atoms with Gasteiger partial charge in [-0.2, -0.15) is 4.98 Å². The summed E-state index contributed by atoms with van der Waals surface area (Å²) in [4.78, 5) is 16.3. The van der Waals surface area contributed by atoms with Gasteiger partial charge >= 0.3 is 0 Å². The Labute approximate surface area is 164 Å². The summed E-state index contributed by atoms with van der Waals surface area (Å²) in [6.45, 7) is 3.82. The molecule has 8 nitrogen and oxygen atoms in total. The Morgan fingerprint density at radius 3 is 3.00 bits per heavy atom. The van der Waals surface area contributed by atoms with Crippen molar-refractivity contribution in [3.8, 4) is 22.9 Å². The third-order valence-electron chi connectivity index (χ3n) is 4.54. The predicted molar refractivity (Wildman–Crippen MR) is 102 cm³/mol. The number of benzene rings is 1. The highest BCUT2D eigenvalue weighted by atomic mass is 16.5. The van der Waals surface area contributed by atoms with Crippen molar-refractivity contribution in [2.24, 2.45) is 0 Å². The Bertz CT molecular complexity index is 771. The van der Waals surface area contributed by atoms with Crippen molar-refractivity contribution in [2.75, 3.05) is 26.9 Å². The number of hydrogen-bond donors (Lipinski definition) is 1. The molecule has 1 amide bonds. The van der Waals surface area contributed by atoms with E-state index in [1.54, 1.807) is 7.11 Å². The molecule has 0 radical (unpaired) electrons. The molecular formula is C20H27N3O5. The number of methoxy groups -OCH3 is 1. The zero-order valence-corrected chi connectivity index (χ0v) is 16.4. The minimum atomic E-state index is 0.0201. The van der Waals surface area contributed by atoms with Gasteiger partial charge in [0.1, 0.15) is 0 Å². The number of aromatic nitrogens is 2. The molecular weight excluding hydrogens is 362 g/mol. The highest BCUT2D eigenvalue weighted by molar-refractivity contribution is 5.75. The van der Waals surface area contributed by atoms with Crippen molar-refractivity contribution < 1.29 is 23.5 Å². The molecule has 1 aromatic heterocycles. The monoisotopic (exact) mass is 389 g/mol. The van der Waals surface area contributed by atoms with E-state index < -0.39 is 0 Å². The van der Waals surface area contributed by atoms with Crippen LogP contribution >= 0.6 is 0 Å². The highest BCUT2D eigenvalue weighted by Gasteiger charge is 2.16. The molecule has 1 N–H and O–H groups in total. The van der Waals surface area contributed by atoms with Gasteiger partial charge in [-0.25, -0.2) is 0 Å². The van der Waals surface area contributed by atoms with Crippen LogP contribution in [0.25, 0.3) is 11.4 Å². The molecule has 8 heteroatoms. The summed E-state index contributed by atoms with van der Waals surface area (Å²) in [5, 5.41) is 6.94. The maximum Gasteiger partial charge on any atom is 0.226 e. The molecule has 0 spiro atoms. The van der Waals surface area contributed by atoms with Crippen molar-refractivity contribution in [3.63, 3.8) is 0 Å². The molecule has 1 saturated heterocycles. The van der Waals surface area contributed by atoms with Gasteiger partial charge in [0, 0.05) is 31.6 Å². The maximum absolute atomic E-state index is 11.9. The number of ether oxygens (including phenoxy) is 3. The Kier molecular flexibility index (Phi) is 7.25. The Balaban J connectivity index is 1.48. The average molecular weight is 389 g/mol. The second kappa shape index (κ2) is 10.1. The van der Waals surface area contributed by atoms with Crippen LogP contribution in [0.5, 0.6) is 11.5 Å². The zero-order chi connectivity index (χ0) is 19.8. The number of carbonyl (C=O) groups excluding carboxylic acids is 1. The number of nitrogens with zero attached hydrogens (tertiary/aromatic N) is 2. The Morgan fingerprint density at radius 2 is 2.25 bits per heavy atom. The van der Waals surface area contributed by atoms with Crippen molar-refractivity contribution in [3.05, 3.63) is 24.1 Å². The molecule has 0 unspecified atom stereocenters. The lowest BCUT2D eigenvalue weighted by atomic mass is 10.2. The number of hydrogen-bond acceptors (Lipinski definition) is 7. The summed E-state index contributed by atoms with van der Waals surface area (Å²) in [5.74, 6) is 2.31. The van der Waals surface area contributed by atoms with Gasteiger partial charge < -0.3 is 24.1 Å². The SMILES string of the molecule is CCOc1cc(-c2noc(CCCC(=O)NC[C@H]3CCCO3)n2)ccc1OC. The normalized spacial score (nSPS) is 16.1. The van der Waals surface area contributed by atoms with Crippen LogP contribution in [0.1, 0.15) is 38.5 Å².